The zero-order valence-electron chi connectivity index (χ0n) is 12.2. The van der Waals surface area contributed by atoms with Gasteiger partial charge in [-0.05, 0) is 52.0 Å². The van der Waals surface area contributed by atoms with Gasteiger partial charge in [0.25, 0.3) is 0 Å². The van der Waals surface area contributed by atoms with Crippen LogP contribution in [-0.4, -0.2) is 46.3 Å². The third kappa shape index (κ3) is 3.29. The molecule has 1 heterocycles. The van der Waals surface area contributed by atoms with Gasteiger partial charge in [-0.25, -0.2) is 0 Å². The first-order valence-corrected chi connectivity index (χ1v) is 7.52. The molecule has 0 aromatic heterocycles. The minimum absolute atomic E-state index is 0.184. The normalized spacial score (nSPS) is 28.5. The first kappa shape index (κ1) is 14.8. The highest BCUT2D eigenvalue weighted by Crippen LogP contribution is 2.36. The van der Waals surface area contributed by atoms with Gasteiger partial charge in [0.2, 0.25) is 0 Å². The molecule has 2 fully saturated rings. The van der Waals surface area contributed by atoms with Gasteiger partial charge in [0, 0.05) is 13.1 Å². The lowest BCUT2D eigenvalue weighted by molar-refractivity contribution is -0.151. The lowest BCUT2D eigenvalue weighted by atomic mass is 9.74. The van der Waals surface area contributed by atoms with Crippen LogP contribution >= 0.6 is 0 Å². The van der Waals surface area contributed by atoms with Crippen molar-refractivity contribution >= 4 is 5.97 Å². The van der Waals surface area contributed by atoms with Crippen LogP contribution in [0.2, 0.25) is 0 Å². The topological polar surface area (TPSA) is 60.8 Å². The summed E-state index contributed by atoms with van der Waals surface area (Å²) < 4.78 is 0. The molecular weight excluding hydrogens is 242 g/mol. The molecule has 110 valence electrons. The smallest absolute Gasteiger partial charge is 0.309 e. The van der Waals surface area contributed by atoms with Gasteiger partial charge in [0.05, 0.1) is 11.0 Å². The van der Waals surface area contributed by atoms with E-state index in [0.29, 0.717) is 0 Å². The standard InChI is InChI=1S/C15H27NO3/c1-14(2,13(17)18)12-6-5-9-16(10-12)11-15(19)7-3-4-8-15/h12,19H,3-11H2,1-2H3,(H,17,18). The molecule has 1 aliphatic heterocycles. The molecule has 19 heavy (non-hydrogen) atoms. The van der Waals surface area contributed by atoms with Crippen LogP contribution in [0.15, 0.2) is 0 Å². The Bertz CT molecular complexity index is 334. The zero-order chi connectivity index (χ0) is 14.1. The van der Waals surface area contributed by atoms with Crippen molar-refractivity contribution in [1.29, 1.82) is 0 Å². The van der Waals surface area contributed by atoms with E-state index in [-0.39, 0.29) is 5.92 Å². The van der Waals surface area contributed by atoms with Gasteiger partial charge >= 0.3 is 5.97 Å². The van der Waals surface area contributed by atoms with Crippen molar-refractivity contribution in [2.75, 3.05) is 19.6 Å². The molecular formula is C15H27NO3. The third-order valence-electron chi connectivity index (χ3n) is 5.13. The summed E-state index contributed by atoms with van der Waals surface area (Å²) in [5.41, 5.74) is -1.19. The summed E-state index contributed by atoms with van der Waals surface area (Å²) in [7, 11) is 0. The molecule has 4 heteroatoms. The second-order valence-electron chi connectivity index (χ2n) is 7.03. The van der Waals surface area contributed by atoms with Crippen LogP contribution in [0.1, 0.15) is 52.4 Å². The van der Waals surface area contributed by atoms with Gasteiger partial charge in [-0.3, -0.25) is 4.79 Å². The predicted octanol–water partition coefficient (Wildman–Crippen LogP) is 2.11. The van der Waals surface area contributed by atoms with Crippen molar-refractivity contribution in [3.8, 4) is 0 Å². The first-order valence-electron chi connectivity index (χ1n) is 7.52. The van der Waals surface area contributed by atoms with Crippen LogP contribution in [0.5, 0.6) is 0 Å². The number of carboxylic acid groups (broad SMARTS) is 1. The summed E-state index contributed by atoms with van der Waals surface area (Å²) in [5.74, 6) is -0.525. The average Bonchev–Trinajstić information content (AvgIpc) is 2.75. The van der Waals surface area contributed by atoms with Crippen LogP contribution in [-0.2, 0) is 4.79 Å². The quantitative estimate of drug-likeness (QED) is 0.820. The summed E-state index contributed by atoms with van der Waals surface area (Å²) in [6.45, 7) is 6.18. The number of β-amino-alcohol motifs (C(OH)–C–C–N with tert-alkyl or cyclic N) is 1. The molecule has 2 N–H and O–H groups in total. The van der Waals surface area contributed by atoms with E-state index >= 15 is 0 Å². The summed E-state index contributed by atoms with van der Waals surface area (Å²) in [4.78, 5) is 13.6. The Balaban J connectivity index is 1.95. The maximum atomic E-state index is 11.4. The monoisotopic (exact) mass is 269 g/mol. The van der Waals surface area contributed by atoms with Gasteiger partial charge in [-0.15, -0.1) is 0 Å². The maximum absolute atomic E-state index is 11.4. The fourth-order valence-electron chi connectivity index (χ4n) is 3.57. The van der Waals surface area contributed by atoms with E-state index in [1.54, 1.807) is 0 Å². The van der Waals surface area contributed by atoms with Gasteiger partial charge in [0.15, 0.2) is 0 Å². The maximum Gasteiger partial charge on any atom is 0.309 e. The van der Waals surface area contributed by atoms with Crippen LogP contribution in [0.4, 0.5) is 0 Å². The zero-order valence-corrected chi connectivity index (χ0v) is 12.2. The number of aliphatic carboxylic acids is 1. The number of piperidine rings is 1. The van der Waals surface area contributed by atoms with Crippen LogP contribution < -0.4 is 0 Å². The molecule has 4 nitrogen and oxygen atoms in total. The number of hydrogen-bond donors (Lipinski definition) is 2. The molecule has 0 bridgehead atoms. The van der Waals surface area contributed by atoms with Crippen molar-refractivity contribution in [3.63, 3.8) is 0 Å². The number of likely N-dealkylation sites (tertiary alicyclic amines) is 1. The minimum atomic E-state index is -0.709. The molecule has 2 aliphatic rings. The fourth-order valence-corrected chi connectivity index (χ4v) is 3.57. The predicted molar refractivity (Wildman–Crippen MR) is 74.0 cm³/mol. The van der Waals surface area contributed by atoms with E-state index in [1.807, 2.05) is 13.8 Å². The summed E-state index contributed by atoms with van der Waals surface area (Å²) in [6, 6.07) is 0. The molecule has 0 radical (unpaired) electrons. The number of rotatable bonds is 4. The number of carbonyl (C=O) groups is 1. The Labute approximate surface area is 115 Å². The molecule has 1 atom stereocenters. The lowest BCUT2D eigenvalue weighted by Crippen LogP contribution is -2.49. The second-order valence-corrected chi connectivity index (χ2v) is 7.03. The van der Waals surface area contributed by atoms with Crippen molar-refractivity contribution < 1.29 is 15.0 Å². The third-order valence-corrected chi connectivity index (χ3v) is 5.13. The highest BCUT2D eigenvalue weighted by Gasteiger charge is 2.41. The summed E-state index contributed by atoms with van der Waals surface area (Å²) in [5, 5.41) is 19.8. The van der Waals surface area contributed by atoms with Crippen molar-refractivity contribution in [2.24, 2.45) is 11.3 Å². The van der Waals surface area contributed by atoms with E-state index in [0.717, 1.165) is 58.2 Å². The van der Waals surface area contributed by atoms with E-state index in [4.69, 9.17) is 0 Å². The molecule has 1 saturated heterocycles. The number of hydrogen-bond acceptors (Lipinski definition) is 3. The Morgan fingerprint density at radius 1 is 1.32 bits per heavy atom. The second kappa shape index (κ2) is 5.41. The van der Waals surface area contributed by atoms with Crippen molar-refractivity contribution in [3.05, 3.63) is 0 Å². The molecule has 0 amide bonds. The molecule has 2 rings (SSSR count). The van der Waals surface area contributed by atoms with Crippen LogP contribution in [0.25, 0.3) is 0 Å². The van der Waals surface area contributed by atoms with Gasteiger partial charge < -0.3 is 15.1 Å². The van der Waals surface area contributed by atoms with Gasteiger partial charge in [-0.2, -0.15) is 0 Å². The summed E-state index contributed by atoms with van der Waals surface area (Å²) >= 11 is 0. The Kier molecular flexibility index (Phi) is 4.21. The largest absolute Gasteiger partial charge is 0.481 e. The van der Waals surface area contributed by atoms with E-state index in [1.165, 1.54) is 0 Å². The Morgan fingerprint density at radius 2 is 1.95 bits per heavy atom. The number of aliphatic hydroxyl groups is 1. The molecule has 0 aromatic rings. The number of nitrogens with zero attached hydrogens (tertiary/aromatic N) is 1. The van der Waals surface area contributed by atoms with Gasteiger partial charge in [0.1, 0.15) is 0 Å². The Morgan fingerprint density at radius 3 is 2.53 bits per heavy atom. The first-order chi connectivity index (χ1) is 8.83. The fraction of sp³-hybridized carbons (Fsp3) is 0.933. The van der Waals surface area contributed by atoms with Crippen molar-refractivity contribution in [2.45, 2.75) is 58.0 Å². The van der Waals surface area contributed by atoms with E-state index in [9.17, 15) is 15.0 Å². The molecule has 1 saturated carbocycles. The lowest BCUT2D eigenvalue weighted by Gasteiger charge is -2.41. The highest BCUT2D eigenvalue weighted by atomic mass is 16.4. The van der Waals surface area contributed by atoms with Crippen LogP contribution in [0, 0.1) is 11.3 Å². The SMILES string of the molecule is CC(C)(C(=O)O)C1CCCN(CC2(O)CCCC2)C1. The van der Waals surface area contributed by atoms with E-state index in [2.05, 4.69) is 4.90 Å². The van der Waals surface area contributed by atoms with E-state index < -0.39 is 17.0 Å². The average molecular weight is 269 g/mol. The summed E-state index contributed by atoms with van der Waals surface area (Å²) in [6.07, 6.45) is 6.06. The van der Waals surface area contributed by atoms with Crippen LogP contribution in [0.3, 0.4) is 0 Å². The molecule has 1 aliphatic carbocycles. The van der Waals surface area contributed by atoms with Gasteiger partial charge in [-0.1, -0.05) is 12.8 Å². The molecule has 0 aromatic carbocycles. The molecule has 1 unspecified atom stereocenters. The Hall–Kier alpha value is -0.610. The minimum Gasteiger partial charge on any atom is -0.481 e. The highest BCUT2D eigenvalue weighted by molar-refractivity contribution is 5.74. The van der Waals surface area contributed by atoms with Crippen molar-refractivity contribution in [1.82, 2.24) is 4.90 Å². The molecule has 0 spiro atoms. The number of carboxylic acids is 1.